The van der Waals surface area contributed by atoms with E-state index in [1.807, 2.05) is 0 Å². The van der Waals surface area contributed by atoms with E-state index in [1.165, 1.54) is 20.4 Å². The normalized spacial score (nSPS) is 10.5. The zero-order valence-corrected chi connectivity index (χ0v) is 20.6. The summed E-state index contributed by atoms with van der Waals surface area (Å²) in [6.45, 7) is 1.70. The highest BCUT2D eigenvalue weighted by Crippen LogP contribution is 2.36. The average molecular weight is 536 g/mol. The summed E-state index contributed by atoms with van der Waals surface area (Å²) in [6, 6.07) is 10.3. The number of esters is 1. The van der Waals surface area contributed by atoms with Crippen molar-refractivity contribution in [2.24, 2.45) is 5.10 Å². The molecular weight excluding hydrogens is 510 g/mol. The Hall–Kier alpha value is -3.60. The van der Waals surface area contributed by atoms with Crippen LogP contribution in [0.1, 0.15) is 25.3 Å². The van der Waals surface area contributed by atoms with Gasteiger partial charge in [-0.25, -0.2) is 10.2 Å². The van der Waals surface area contributed by atoms with Crippen LogP contribution in [0.5, 0.6) is 17.2 Å². The summed E-state index contributed by atoms with van der Waals surface area (Å²) in [5, 5.41) is 6.61. The lowest BCUT2D eigenvalue weighted by molar-refractivity contribution is -0.145. The van der Waals surface area contributed by atoms with Gasteiger partial charge in [0.15, 0.2) is 18.1 Å². The van der Waals surface area contributed by atoms with Crippen molar-refractivity contribution in [1.82, 2.24) is 5.43 Å². The summed E-state index contributed by atoms with van der Waals surface area (Å²) in [4.78, 5) is 35.7. The van der Waals surface area contributed by atoms with E-state index in [2.05, 4.69) is 31.8 Å². The van der Waals surface area contributed by atoms with Gasteiger partial charge in [-0.3, -0.25) is 9.59 Å². The molecule has 0 spiro atoms. The molecule has 34 heavy (non-hydrogen) atoms. The van der Waals surface area contributed by atoms with Gasteiger partial charge in [-0.1, -0.05) is 12.1 Å². The molecule has 0 aliphatic carbocycles. The van der Waals surface area contributed by atoms with E-state index in [0.29, 0.717) is 33.0 Å². The third kappa shape index (κ3) is 8.39. The van der Waals surface area contributed by atoms with Crippen LogP contribution in [0.25, 0.3) is 0 Å². The second-order valence-electron chi connectivity index (χ2n) is 6.67. The highest BCUT2D eigenvalue weighted by molar-refractivity contribution is 9.10. The fraction of sp³-hybridized carbons (Fsp3) is 0.304. The summed E-state index contributed by atoms with van der Waals surface area (Å²) in [7, 11) is 2.96. The molecule has 11 heteroatoms. The van der Waals surface area contributed by atoms with Crippen molar-refractivity contribution in [2.75, 3.05) is 32.8 Å². The molecule has 2 amide bonds. The van der Waals surface area contributed by atoms with Gasteiger partial charge in [0.25, 0.3) is 0 Å². The maximum atomic E-state index is 12.1. The number of benzene rings is 2. The number of rotatable bonds is 12. The van der Waals surface area contributed by atoms with Crippen molar-refractivity contribution in [3.8, 4) is 17.2 Å². The third-order valence-corrected chi connectivity index (χ3v) is 4.84. The first kappa shape index (κ1) is 26.7. The smallest absolute Gasteiger partial charge is 0.344 e. The van der Waals surface area contributed by atoms with Gasteiger partial charge in [-0.2, -0.15) is 5.10 Å². The number of hydrogen-bond donors (Lipinski definition) is 2. The second kappa shape index (κ2) is 13.8. The summed E-state index contributed by atoms with van der Waals surface area (Å²) >= 11 is 3.37. The summed E-state index contributed by atoms with van der Waals surface area (Å²) in [6.07, 6.45) is 1.34. The van der Waals surface area contributed by atoms with Crippen molar-refractivity contribution in [3.63, 3.8) is 0 Å². The van der Waals surface area contributed by atoms with E-state index in [9.17, 15) is 14.4 Å². The fourth-order valence-electron chi connectivity index (χ4n) is 2.71. The van der Waals surface area contributed by atoms with Gasteiger partial charge in [0, 0.05) is 12.8 Å². The first-order valence-electron chi connectivity index (χ1n) is 10.3. The first-order chi connectivity index (χ1) is 16.4. The standard InChI is InChI=1S/C23H26BrN3O7/c1-4-33-22(30)14-34-23-16(24)11-15(12-19(23)32-3)13-25-27-21(29)10-9-20(28)26-17-7-5-6-8-18(17)31-2/h5-8,11-13H,4,9-10,14H2,1-3H3,(H,26,28)(H,27,29). The van der Waals surface area contributed by atoms with E-state index >= 15 is 0 Å². The Morgan fingerprint density at radius 1 is 1.03 bits per heavy atom. The van der Waals surface area contributed by atoms with Crippen LogP contribution in [0, 0.1) is 0 Å². The van der Waals surface area contributed by atoms with Crippen molar-refractivity contribution in [3.05, 3.63) is 46.4 Å². The summed E-state index contributed by atoms with van der Waals surface area (Å²) < 4.78 is 21.3. The van der Waals surface area contributed by atoms with Gasteiger partial charge in [-0.15, -0.1) is 0 Å². The van der Waals surface area contributed by atoms with Crippen molar-refractivity contribution < 1.29 is 33.3 Å². The number of hydrogen-bond acceptors (Lipinski definition) is 8. The van der Waals surface area contributed by atoms with Crippen LogP contribution in [0.3, 0.4) is 0 Å². The molecule has 10 nitrogen and oxygen atoms in total. The fourth-order valence-corrected chi connectivity index (χ4v) is 3.28. The number of ether oxygens (including phenoxy) is 4. The molecule has 0 bridgehead atoms. The lowest BCUT2D eigenvalue weighted by Gasteiger charge is -2.13. The van der Waals surface area contributed by atoms with Crippen molar-refractivity contribution >= 4 is 45.6 Å². The van der Waals surface area contributed by atoms with Crippen molar-refractivity contribution in [2.45, 2.75) is 19.8 Å². The lowest BCUT2D eigenvalue weighted by Crippen LogP contribution is -2.20. The minimum Gasteiger partial charge on any atom is -0.495 e. The molecule has 2 aromatic rings. The highest BCUT2D eigenvalue weighted by Gasteiger charge is 2.14. The number of methoxy groups -OCH3 is 2. The molecule has 0 aliphatic rings. The van der Waals surface area contributed by atoms with Crippen LogP contribution in [0.15, 0.2) is 46.0 Å². The SMILES string of the molecule is CCOC(=O)COc1c(Br)cc(C=NNC(=O)CCC(=O)Nc2ccccc2OC)cc1OC. The molecule has 0 aromatic heterocycles. The predicted molar refractivity (Wildman–Crippen MR) is 129 cm³/mol. The number of hydrazone groups is 1. The predicted octanol–water partition coefficient (Wildman–Crippen LogP) is 3.28. The summed E-state index contributed by atoms with van der Waals surface area (Å²) in [5.74, 6) is -0.0231. The van der Waals surface area contributed by atoms with Gasteiger partial charge >= 0.3 is 5.97 Å². The number of carbonyl (C=O) groups is 3. The maximum Gasteiger partial charge on any atom is 0.344 e. The molecule has 2 N–H and O–H groups in total. The molecule has 0 radical (unpaired) electrons. The van der Waals surface area contributed by atoms with Crippen LogP contribution in [0.4, 0.5) is 5.69 Å². The Morgan fingerprint density at radius 3 is 2.44 bits per heavy atom. The number of nitrogens with one attached hydrogen (secondary N) is 2. The molecule has 2 rings (SSSR count). The largest absolute Gasteiger partial charge is 0.495 e. The van der Waals surface area contributed by atoms with E-state index in [4.69, 9.17) is 18.9 Å². The molecule has 0 saturated heterocycles. The molecule has 0 saturated carbocycles. The van der Waals surface area contributed by atoms with Crippen LogP contribution >= 0.6 is 15.9 Å². The Kier molecular flexibility index (Phi) is 10.8. The quantitative estimate of drug-likeness (QED) is 0.242. The molecule has 0 atom stereocenters. The van der Waals surface area contributed by atoms with E-state index in [-0.39, 0.29) is 32.0 Å². The molecule has 0 heterocycles. The van der Waals surface area contributed by atoms with Gasteiger partial charge in [-0.05, 0) is 52.7 Å². The molecular formula is C23H26BrN3O7. The number of carbonyl (C=O) groups excluding carboxylic acids is 3. The minimum atomic E-state index is -0.499. The highest BCUT2D eigenvalue weighted by atomic mass is 79.9. The number of nitrogens with zero attached hydrogens (tertiary/aromatic N) is 1. The summed E-state index contributed by atoms with van der Waals surface area (Å²) in [5.41, 5.74) is 3.50. The molecule has 0 unspecified atom stereocenters. The minimum absolute atomic E-state index is 0.0225. The third-order valence-electron chi connectivity index (χ3n) is 4.25. The molecule has 182 valence electrons. The molecule has 2 aromatic carbocycles. The number of halogens is 1. The Morgan fingerprint density at radius 2 is 1.74 bits per heavy atom. The maximum absolute atomic E-state index is 12.1. The van der Waals surface area contributed by atoms with E-state index in [0.717, 1.165) is 0 Å². The van der Waals surface area contributed by atoms with Gasteiger partial charge < -0.3 is 24.3 Å². The lowest BCUT2D eigenvalue weighted by atomic mass is 10.2. The second-order valence-corrected chi connectivity index (χ2v) is 7.52. The van der Waals surface area contributed by atoms with Gasteiger partial charge in [0.2, 0.25) is 11.8 Å². The zero-order chi connectivity index (χ0) is 24.9. The number of para-hydroxylation sites is 2. The Labute approximate surface area is 205 Å². The monoisotopic (exact) mass is 535 g/mol. The Balaban J connectivity index is 1.88. The van der Waals surface area contributed by atoms with E-state index < -0.39 is 11.9 Å². The number of anilines is 1. The first-order valence-corrected chi connectivity index (χ1v) is 11.1. The number of amides is 2. The van der Waals surface area contributed by atoms with Crippen LogP contribution in [0.2, 0.25) is 0 Å². The molecule has 0 fully saturated rings. The van der Waals surface area contributed by atoms with Crippen LogP contribution in [-0.2, 0) is 19.1 Å². The van der Waals surface area contributed by atoms with Crippen LogP contribution in [-0.4, -0.2) is 51.4 Å². The Bertz CT molecular complexity index is 1040. The average Bonchev–Trinajstić information content (AvgIpc) is 2.82. The zero-order valence-electron chi connectivity index (χ0n) is 19.1. The van der Waals surface area contributed by atoms with Crippen molar-refractivity contribution in [1.29, 1.82) is 0 Å². The van der Waals surface area contributed by atoms with Gasteiger partial charge in [0.1, 0.15) is 5.75 Å². The topological polar surface area (TPSA) is 125 Å². The van der Waals surface area contributed by atoms with Crippen LogP contribution < -0.4 is 25.0 Å². The molecule has 0 aliphatic heterocycles. The van der Waals surface area contributed by atoms with E-state index in [1.54, 1.807) is 43.3 Å². The van der Waals surface area contributed by atoms with Gasteiger partial charge in [0.05, 0.1) is 37.2 Å².